The van der Waals surface area contributed by atoms with E-state index in [1.54, 1.807) is 16.7 Å². The van der Waals surface area contributed by atoms with E-state index in [9.17, 15) is 14.4 Å². The van der Waals surface area contributed by atoms with Crippen molar-refractivity contribution in [1.29, 1.82) is 0 Å². The highest BCUT2D eigenvalue weighted by molar-refractivity contribution is 5.94. The first-order valence-electron chi connectivity index (χ1n) is 13.1. The molecule has 0 aromatic heterocycles. The van der Waals surface area contributed by atoms with Gasteiger partial charge in [0.25, 0.3) is 5.91 Å². The summed E-state index contributed by atoms with van der Waals surface area (Å²) >= 11 is 0. The van der Waals surface area contributed by atoms with Gasteiger partial charge in [0.2, 0.25) is 5.91 Å². The second-order valence-corrected chi connectivity index (χ2v) is 9.34. The van der Waals surface area contributed by atoms with Gasteiger partial charge in [0.1, 0.15) is 5.75 Å². The number of carbonyl (C=O) groups excluding carboxylic acids is 3. The number of esters is 1. The van der Waals surface area contributed by atoms with E-state index in [2.05, 4.69) is 0 Å². The summed E-state index contributed by atoms with van der Waals surface area (Å²) in [6.07, 6.45) is 1.77. The maximum absolute atomic E-state index is 13.2. The fraction of sp³-hybridized carbons (Fsp3) is 0.323. The molecule has 2 amide bonds. The van der Waals surface area contributed by atoms with E-state index in [0.717, 1.165) is 29.7 Å². The molecule has 1 aliphatic heterocycles. The number of benzene rings is 3. The van der Waals surface area contributed by atoms with Crippen molar-refractivity contribution in [3.8, 4) is 5.75 Å². The minimum Gasteiger partial charge on any atom is -0.484 e. The Morgan fingerprint density at radius 1 is 0.895 bits per heavy atom. The molecule has 38 heavy (non-hydrogen) atoms. The summed E-state index contributed by atoms with van der Waals surface area (Å²) in [6, 6.07) is 26.5. The number of carbonyl (C=O) groups is 3. The molecule has 1 heterocycles. The summed E-state index contributed by atoms with van der Waals surface area (Å²) in [7, 11) is 0. The number of nitrogens with zero attached hydrogens (tertiary/aromatic N) is 2. The molecule has 1 fully saturated rings. The molecular weight excluding hydrogens is 480 g/mol. The first-order chi connectivity index (χ1) is 18.5. The Balaban J connectivity index is 1.42. The third-order valence-corrected chi connectivity index (χ3v) is 6.59. The van der Waals surface area contributed by atoms with Gasteiger partial charge in [-0.05, 0) is 55.2 Å². The lowest BCUT2D eigenvalue weighted by Crippen LogP contribution is -2.43. The first-order valence-corrected chi connectivity index (χ1v) is 13.1. The van der Waals surface area contributed by atoms with Gasteiger partial charge in [-0.2, -0.15) is 0 Å². The molecule has 0 aliphatic carbocycles. The number of anilines is 1. The Morgan fingerprint density at radius 2 is 1.58 bits per heavy atom. The monoisotopic (exact) mass is 514 g/mol. The van der Waals surface area contributed by atoms with Gasteiger partial charge in [-0.3, -0.25) is 14.4 Å². The molecule has 0 bridgehead atoms. The number of hydrogen-bond acceptors (Lipinski definition) is 5. The van der Waals surface area contributed by atoms with Crippen molar-refractivity contribution < 1.29 is 23.9 Å². The topological polar surface area (TPSA) is 76.2 Å². The summed E-state index contributed by atoms with van der Waals surface area (Å²) in [6.45, 7) is 3.49. The Hall–Kier alpha value is -4.13. The number of amides is 2. The van der Waals surface area contributed by atoms with Crippen molar-refractivity contribution in [3.63, 3.8) is 0 Å². The number of hydrogen-bond donors (Lipinski definition) is 0. The van der Waals surface area contributed by atoms with Crippen LogP contribution in [0.1, 0.15) is 30.9 Å². The van der Waals surface area contributed by atoms with E-state index in [-0.39, 0.29) is 36.7 Å². The van der Waals surface area contributed by atoms with Crippen LogP contribution < -0.4 is 9.64 Å². The van der Waals surface area contributed by atoms with E-state index in [1.165, 1.54) is 0 Å². The summed E-state index contributed by atoms with van der Waals surface area (Å²) in [4.78, 5) is 41.8. The maximum Gasteiger partial charge on any atom is 0.310 e. The molecule has 4 rings (SSSR count). The number of likely N-dealkylation sites (tertiary alicyclic amines) is 1. The van der Waals surface area contributed by atoms with Gasteiger partial charge in [-0.25, -0.2) is 0 Å². The predicted molar refractivity (Wildman–Crippen MR) is 146 cm³/mol. The molecular formula is C31H34N2O5. The summed E-state index contributed by atoms with van der Waals surface area (Å²) in [5.74, 6) is -0.0307. The molecule has 7 nitrogen and oxygen atoms in total. The van der Waals surface area contributed by atoms with Crippen LogP contribution in [0.2, 0.25) is 0 Å². The average Bonchev–Trinajstić information content (AvgIpc) is 2.96. The van der Waals surface area contributed by atoms with Crippen LogP contribution in [-0.4, -0.2) is 49.0 Å². The molecule has 1 aliphatic rings. The van der Waals surface area contributed by atoms with E-state index < -0.39 is 0 Å². The summed E-state index contributed by atoms with van der Waals surface area (Å²) in [5.41, 5.74) is 2.58. The van der Waals surface area contributed by atoms with Crippen molar-refractivity contribution >= 4 is 23.5 Å². The zero-order chi connectivity index (χ0) is 26.7. The summed E-state index contributed by atoms with van der Waals surface area (Å²) in [5, 5.41) is 0. The Kier molecular flexibility index (Phi) is 9.51. The Bertz CT molecular complexity index is 1200. The minimum atomic E-state index is -0.259. The second kappa shape index (κ2) is 13.4. The molecule has 0 saturated carbocycles. The molecule has 1 atom stereocenters. The zero-order valence-electron chi connectivity index (χ0n) is 21.8. The molecule has 0 unspecified atom stereocenters. The first kappa shape index (κ1) is 26.9. The Labute approximate surface area is 224 Å². The van der Waals surface area contributed by atoms with Crippen molar-refractivity contribution in [2.45, 2.75) is 32.7 Å². The van der Waals surface area contributed by atoms with Gasteiger partial charge >= 0.3 is 5.97 Å². The molecule has 198 valence electrons. The van der Waals surface area contributed by atoms with Crippen LogP contribution in [0.3, 0.4) is 0 Å². The van der Waals surface area contributed by atoms with Crippen LogP contribution in [0.5, 0.6) is 5.75 Å². The average molecular weight is 515 g/mol. The van der Waals surface area contributed by atoms with Crippen LogP contribution in [0.25, 0.3) is 0 Å². The van der Waals surface area contributed by atoms with Gasteiger partial charge in [-0.15, -0.1) is 0 Å². The van der Waals surface area contributed by atoms with Gasteiger partial charge < -0.3 is 19.3 Å². The van der Waals surface area contributed by atoms with Gasteiger partial charge in [-0.1, -0.05) is 60.7 Å². The smallest absolute Gasteiger partial charge is 0.310 e. The normalized spacial score (nSPS) is 15.0. The molecule has 1 saturated heterocycles. The lowest BCUT2D eigenvalue weighted by molar-refractivity contribution is -0.151. The van der Waals surface area contributed by atoms with Crippen molar-refractivity contribution in [2.75, 3.05) is 31.2 Å². The molecule has 0 spiro atoms. The van der Waals surface area contributed by atoms with Crippen LogP contribution >= 0.6 is 0 Å². The van der Waals surface area contributed by atoms with Crippen LogP contribution in [0.15, 0.2) is 84.9 Å². The van der Waals surface area contributed by atoms with E-state index in [0.29, 0.717) is 32.0 Å². The van der Waals surface area contributed by atoms with Gasteiger partial charge in [0.05, 0.1) is 25.5 Å². The highest BCUT2D eigenvalue weighted by Crippen LogP contribution is 2.22. The lowest BCUT2D eigenvalue weighted by atomic mass is 9.97. The van der Waals surface area contributed by atoms with Crippen molar-refractivity contribution in [1.82, 2.24) is 4.90 Å². The highest BCUT2D eigenvalue weighted by Gasteiger charge is 2.29. The molecule has 3 aromatic rings. The lowest BCUT2D eigenvalue weighted by Gasteiger charge is -2.31. The van der Waals surface area contributed by atoms with Crippen LogP contribution in [-0.2, 0) is 32.1 Å². The standard InChI is InChI=1S/C31H34N2O5/c1-2-37-31(36)26-12-9-19-32(22-26)29(34)20-24-15-17-27(18-16-24)33(21-25-10-5-3-6-11-25)30(35)23-38-28-13-7-4-8-14-28/h3-8,10-11,13-18,26H,2,9,12,19-23H2,1H3/t26-/m1/s1. The maximum atomic E-state index is 13.2. The quantitative estimate of drug-likeness (QED) is 0.369. The SMILES string of the molecule is CCOC(=O)[C@@H]1CCCN(C(=O)Cc2ccc(N(Cc3ccccc3)C(=O)COc3ccccc3)cc2)C1. The van der Waals surface area contributed by atoms with E-state index >= 15 is 0 Å². The van der Waals surface area contributed by atoms with Gasteiger partial charge in [0, 0.05) is 18.8 Å². The molecule has 0 N–H and O–H groups in total. The number of ether oxygens (including phenoxy) is 2. The zero-order valence-corrected chi connectivity index (χ0v) is 21.8. The van der Waals surface area contributed by atoms with Crippen LogP contribution in [0, 0.1) is 5.92 Å². The number of piperidine rings is 1. The summed E-state index contributed by atoms with van der Waals surface area (Å²) < 4.78 is 10.9. The second-order valence-electron chi connectivity index (χ2n) is 9.34. The predicted octanol–water partition coefficient (Wildman–Crippen LogP) is 4.64. The van der Waals surface area contributed by atoms with Gasteiger partial charge in [0.15, 0.2) is 6.61 Å². The molecule has 3 aromatic carbocycles. The minimum absolute atomic E-state index is 0.0137. The van der Waals surface area contributed by atoms with Crippen molar-refractivity contribution in [3.05, 3.63) is 96.1 Å². The Morgan fingerprint density at radius 3 is 2.26 bits per heavy atom. The number of rotatable bonds is 10. The van der Waals surface area contributed by atoms with Crippen LogP contribution in [0.4, 0.5) is 5.69 Å². The molecule has 7 heteroatoms. The number of para-hydroxylation sites is 1. The highest BCUT2D eigenvalue weighted by atomic mass is 16.5. The third kappa shape index (κ3) is 7.44. The van der Waals surface area contributed by atoms with Crippen molar-refractivity contribution in [2.24, 2.45) is 5.92 Å². The van der Waals surface area contributed by atoms with E-state index in [4.69, 9.17) is 9.47 Å². The molecule has 0 radical (unpaired) electrons. The fourth-order valence-corrected chi connectivity index (χ4v) is 4.57. The largest absolute Gasteiger partial charge is 0.484 e. The third-order valence-electron chi connectivity index (χ3n) is 6.59. The fourth-order valence-electron chi connectivity index (χ4n) is 4.57. The van der Waals surface area contributed by atoms with E-state index in [1.807, 2.05) is 84.9 Å².